The third kappa shape index (κ3) is 3.99. The van der Waals surface area contributed by atoms with Gasteiger partial charge < -0.3 is 10.1 Å². The topological polar surface area (TPSA) is 103 Å². The molecule has 1 aromatic carbocycles. The zero-order valence-corrected chi connectivity index (χ0v) is 18.8. The molecular formula is C23H26N6O3. The molecule has 3 aromatic heterocycles. The Bertz CT molecular complexity index is 1370. The van der Waals surface area contributed by atoms with Gasteiger partial charge in [-0.15, -0.1) is 10.2 Å². The molecule has 3 heterocycles. The molecule has 0 saturated carbocycles. The summed E-state index contributed by atoms with van der Waals surface area (Å²) in [7, 11) is 1.66. The minimum absolute atomic E-state index is 0.0597. The summed E-state index contributed by atoms with van der Waals surface area (Å²) < 4.78 is 8.52. The number of pyridine rings is 1. The van der Waals surface area contributed by atoms with Crippen LogP contribution >= 0.6 is 0 Å². The van der Waals surface area contributed by atoms with Crippen molar-refractivity contribution >= 4 is 28.0 Å². The highest BCUT2D eigenvalue weighted by Crippen LogP contribution is 2.29. The van der Waals surface area contributed by atoms with E-state index in [1.807, 2.05) is 39.8 Å². The predicted molar refractivity (Wildman–Crippen MR) is 122 cm³/mol. The second kappa shape index (κ2) is 8.16. The molecule has 0 saturated heterocycles. The van der Waals surface area contributed by atoms with E-state index in [9.17, 15) is 9.59 Å². The molecule has 0 spiro atoms. The minimum atomic E-state index is -0.497. The van der Waals surface area contributed by atoms with Crippen LogP contribution in [0, 0.1) is 0 Å². The van der Waals surface area contributed by atoms with E-state index in [0.717, 1.165) is 16.6 Å². The van der Waals surface area contributed by atoms with E-state index in [2.05, 4.69) is 20.6 Å². The molecule has 9 nitrogen and oxygen atoms in total. The Balaban J connectivity index is 1.69. The molecule has 0 fully saturated rings. The summed E-state index contributed by atoms with van der Waals surface area (Å²) in [5.74, 6) is -0.289. The number of rotatable bonds is 6. The highest BCUT2D eigenvalue weighted by atomic mass is 16.5. The predicted octanol–water partition coefficient (Wildman–Crippen LogP) is 3.08. The van der Waals surface area contributed by atoms with Gasteiger partial charge >= 0.3 is 0 Å². The lowest BCUT2D eigenvalue weighted by Crippen LogP contribution is -2.31. The molecule has 9 heteroatoms. The van der Waals surface area contributed by atoms with E-state index in [4.69, 9.17) is 4.74 Å². The highest BCUT2D eigenvalue weighted by molar-refractivity contribution is 5.91. The maximum atomic E-state index is 13.1. The number of anilines is 1. The van der Waals surface area contributed by atoms with Gasteiger partial charge in [0, 0.05) is 18.7 Å². The Morgan fingerprint density at radius 3 is 2.69 bits per heavy atom. The van der Waals surface area contributed by atoms with Gasteiger partial charge in [-0.05, 0) is 49.6 Å². The number of amides is 1. The van der Waals surface area contributed by atoms with Gasteiger partial charge in [0.15, 0.2) is 5.65 Å². The number of hydrogen-bond acceptors (Lipinski definition) is 6. The lowest BCUT2D eigenvalue weighted by Gasteiger charge is -2.24. The van der Waals surface area contributed by atoms with E-state index >= 15 is 0 Å². The monoisotopic (exact) mass is 434 g/mol. The van der Waals surface area contributed by atoms with Gasteiger partial charge in [-0.3, -0.25) is 14.0 Å². The molecule has 32 heavy (non-hydrogen) atoms. The van der Waals surface area contributed by atoms with Crippen molar-refractivity contribution in [1.29, 1.82) is 0 Å². The smallest absolute Gasteiger partial charge is 0.275 e. The average Bonchev–Trinajstić information content (AvgIpc) is 3.23. The number of benzene rings is 1. The third-order valence-corrected chi connectivity index (χ3v) is 5.61. The molecule has 0 aliphatic carbocycles. The fourth-order valence-electron chi connectivity index (χ4n) is 3.57. The largest absolute Gasteiger partial charge is 0.374 e. The van der Waals surface area contributed by atoms with Crippen molar-refractivity contribution in [3.05, 3.63) is 64.5 Å². The maximum Gasteiger partial charge on any atom is 0.275 e. The van der Waals surface area contributed by atoms with Crippen LogP contribution in [0.15, 0.2) is 47.7 Å². The number of nitrogens with one attached hydrogen (secondary N) is 1. The number of ether oxygens (including phenoxy) is 1. The van der Waals surface area contributed by atoms with Gasteiger partial charge in [0.1, 0.15) is 12.9 Å². The summed E-state index contributed by atoms with van der Waals surface area (Å²) in [4.78, 5) is 25.8. The fourth-order valence-corrected chi connectivity index (χ4v) is 3.57. The molecule has 1 N–H and O–H groups in total. The van der Waals surface area contributed by atoms with Crippen molar-refractivity contribution in [2.75, 3.05) is 12.4 Å². The molecule has 4 rings (SSSR count). The zero-order chi connectivity index (χ0) is 23.0. The van der Waals surface area contributed by atoms with Crippen LogP contribution in [0.5, 0.6) is 0 Å². The summed E-state index contributed by atoms with van der Waals surface area (Å²) in [5.41, 5.74) is 2.15. The molecule has 0 aliphatic heterocycles. The number of fused-ring (bicyclic) bond motifs is 2. The van der Waals surface area contributed by atoms with Crippen molar-refractivity contribution < 1.29 is 9.53 Å². The first-order chi connectivity index (χ1) is 15.2. The molecule has 0 aliphatic rings. The van der Waals surface area contributed by atoms with Crippen molar-refractivity contribution in [2.45, 2.75) is 45.8 Å². The normalized spacial score (nSPS) is 12.1. The first-order valence-corrected chi connectivity index (χ1v) is 10.4. The zero-order valence-electron chi connectivity index (χ0n) is 18.8. The van der Waals surface area contributed by atoms with Crippen molar-refractivity contribution in [1.82, 2.24) is 24.4 Å². The summed E-state index contributed by atoms with van der Waals surface area (Å²) in [6.07, 6.45) is 3.26. The second-order valence-electron chi connectivity index (χ2n) is 8.54. The van der Waals surface area contributed by atoms with Crippen molar-refractivity contribution in [3.8, 4) is 0 Å². The molecule has 0 atom stereocenters. The van der Waals surface area contributed by atoms with E-state index in [1.54, 1.807) is 42.2 Å². The van der Waals surface area contributed by atoms with E-state index in [-0.39, 0.29) is 23.9 Å². The lowest BCUT2D eigenvalue weighted by molar-refractivity contribution is -0.117. The molecule has 4 aromatic rings. The van der Waals surface area contributed by atoms with E-state index in [1.165, 1.54) is 4.68 Å². The number of hydrogen-bond donors (Lipinski definition) is 1. The Morgan fingerprint density at radius 2 is 1.97 bits per heavy atom. The number of aromatic nitrogens is 5. The van der Waals surface area contributed by atoms with E-state index in [0.29, 0.717) is 16.7 Å². The highest BCUT2D eigenvalue weighted by Gasteiger charge is 2.22. The molecule has 166 valence electrons. The number of nitrogens with zero attached hydrogens (tertiary/aromatic N) is 5. The SMILES string of the molecule is COC(C)(C)c1ccc2c(=O)n(CC(=O)Nc3ccc4nncn4c3)nc(C(C)C)c2c1. The van der Waals surface area contributed by atoms with Gasteiger partial charge in [-0.1, -0.05) is 19.9 Å². The van der Waals surface area contributed by atoms with Gasteiger partial charge in [0.25, 0.3) is 5.56 Å². The summed E-state index contributed by atoms with van der Waals surface area (Å²) >= 11 is 0. The van der Waals surface area contributed by atoms with Crippen LogP contribution in [0.1, 0.15) is 44.9 Å². The third-order valence-electron chi connectivity index (χ3n) is 5.61. The van der Waals surface area contributed by atoms with Crippen molar-refractivity contribution in [2.24, 2.45) is 0 Å². The van der Waals surface area contributed by atoms with Crippen LogP contribution in [0.2, 0.25) is 0 Å². The fraction of sp³-hybridized carbons (Fsp3) is 0.348. The molecule has 0 radical (unpaired) electrons. The standard InChI is InChI=1S/C23H26N6O3/c1-14(2)21-18-10-15(23(3,4)32-5)6-8-17(18)22(31)29(27-21)12-20(30)25-16-7-9-19-26-24-13-28(19)11-16/h6-11,13-14H,12H2,1-5H3,(H,25,30). The first-order valence-electron chi connectivity index (χ1n) is 10.4. The second-order valence-corrected chi connectivity index (χ2v) is 8.54. The van der Waals surface area contributed by atoms with Gasteiger partial charge in [-0.25, -0.2) is 4.68 Å². The van der Waals surface area contributed by atoms with Crippen LogP contribution < -0.4 is 10.9 Å². The van der Waals surface area contributed by atoms with Gasteiger partial charge in [0.05, 0.1) is 22.4 Å². The quantitative estimate of drug-likeness (QED) is 0.500. The van der Waals surface area contributed by atoms with Gasteiger partial charge in [0.2, 0.25) is 5.91 Å². The average molecular weight is 435 g/mol. The molecule has 1 amide bonds. The summed E-state index contributed by atoms with van der Waals surface area (Å²) in [5, 5.41) is 16.4. The number of carbonyl (C=O) groups is 1. The molecule has 0 bridgehead atoms. The van der Waals surface area contributed by atoms with Crippen LogP contribution in [0.3, 0.4) is 0 Å². The van der Waals surface area contributed by atoms with Crippen LogP contribution in [0.4, 0.5) is 5.69 Å². The minimum Gasteiger partial charge on any atom is -0.374 e. The molecular weight excluding hydrogens is 408 g/mol. The number of carbonyl (C=O) groups excluding carboxylic acids is 1. The Hall–Kier alpha value is -3.59. The maximum absolute atomic E-state index is 13.1. The van der Waals surface area contributed by atoms with Crippen LogP contribution in [-0.4, -0.2) is 37.4 Å². The Morgan fingerprint density at radius 1 is 1.19 bits per heavy atom. The van der Waals surface area contributed by atoms with E-state index < -0.39 is 5.60 Å². The molecule has 0 unspecified atom stereocenters. The number of methoxy groups -OCH3 is 1. The Kier molecular flexibility index (Phi) is 5.52. The summed E-state index contributed by atoms with van der Waals surface area (Å²) in [6, 6.07) is 9.11. The van der Waals surface area contributed by atoms with Crippen LogP contribution in [-0.2, 0) is 21.7 Å². The van der Waals surface area contributed by atoms with Crippen LogP contribution in [0.25, 0.3) is 16.4 Å². The Labute approximate surface area is 185 Å². The summed E-state index contributed by atoms with van der Waals surface area (Å²) in [6.45, 7) is 7.77. The van der Waals surface area contributed by atoms with Gasteiger partial charge in [-0.2, -0.15) is 5.10 Å². The lowest BCUT2D eigenvalue weighted by atomic mass is 9.93. The van der Waals surface area contributed by atoms with Crippen molar-refractivity contribution in [3.63, 3.8) is 0 Å². The first kappa shape index (κ1) is 21.6.